The van der Waals surface area contributed by atoms with Crippen molar-refractivity contribution in [2.24, 2.45) is 0 Å². The molecule has 0 radical (unpaired) electrons. The van der Waals surface area contributed by atoms with E-state index in [1.807, 2.05) is 12.9 Å². The number of hydrogen-bond donors (Lipinski definition) is 1. The third-order valence-corrected chi connectivity index (χ3v) is 5.34. The maximum atomic E-state index is 10.9. The summed E-state index contributed by atoms with van der Waals surface area (Å²) >= 11 is 0. The molecule has 0 aromatic carbocycles. The largest absolute Gasteiger partial charge is 0.487 e. The van der Waals surface area contributed by atoms with E-state index in [-0.39, 0.29) is 18.3 Å². The molecule has 1 atom stereocenters. The van der Waals surface area contributed by atoms with E-state index in [9.17, 15) is 5.11 Å². The minimum absolute atomic E-state index is 0.335. The minimum atomic E-state index is -0.770. The van der Waals surface area contributed by atoms with Crippen LogP contribution in [0.3, 0.4) is 0 Å². The zero-order valence-corrected chi connectivity index (χ0v) is 16.4. The van der Waals surface area contributed by atoms with Crippen LogP contribution in [-0.4, -0.2) is 29.0 Å². The van der Waals surface area contributed by atoms with Crippen molar-refractivity contribution in [3.63, 3.8) is 0 Å². The van der Waals surface area contributed by atoms with Crippen LogP contribution in [0.1, 0.15) is 93.4 Å². The third kappa shape index (κ3) is 5.61. The summed E-state index contributed by atoms with van der Waals surface area (Å²) in [5, 5.41) is 10.9. The van der Waals surface area contributed by atoms with Crippen LogP contribution in [0.15, 0.2) is 11.5 Å². The Hall–Kier alpha value is -0.315. The van der Waals surface area contributed by atoms with Crippen LogP contribution in [0.25, 0.3) is 0 Å². The second-order valence-corrected chi connectivity index (χ2v) is 8.15. The second kappa shape index (κ2) is 8.18. The van der Waals surface area contributed by atoms with Crippen molar-refractivity contribution >= 4 is 7.12 Å². The van der Waals surface area contributed by atoms with Crippen LogP contribution in [0.2, 0.25) is 0 Å². The average Bonchev–Trinajstić information content (AvgIpc) is 2.62. The fourth-order valence-electron chi connectivity index (χ4n) is 2.98. The number of unbranched alkanes of at least 4 members (excludes halogenated alkanes) is 3. The summed E-state index contributed by atoms with van der Waals surface area (Å²) in [5.41, 5.74) is -0.389. The quantitative estimate of drug-likeness (QED) is 0.475. The fourth-order valence-corrected chi connectivity index (χ4v) is 2.98. The lowest BCUT2D eigenvalue weighted by Gasteiger charge is -2.32. The van der Waals surface area contributed by atoms with E-state index in [0.29, 0.717) is 0 Å². The molecule has 0 bridgehead atoms. The van der Waals surface area contributed by atoms with Crippen LogP contribution in [0.5, 0.6) is 0 Å². The van der Waals surface area contributed by atoms with Gasteiger partial charge < -0.3 is 14.4 Å². The van der Waals surface area contributed by atoms with Gasteiger partial charge in [0, 0.05) is 0 Å². The molecule has 1 aliphatic rings. The van der Waals surface area contributed by atoms with Gasteiger partial charge in [0.1, 0.15) is 0 Å². The number of aliphatic hydroxyl groups is 1. The Morgan fingerprint density at radius 3 is 2.04 bits per heavy atom. The highest BCUT2D eigenvalue weighted by atomic mass is 16.7. The molecule has 0 saturated carbocycles. The van der Waals surface area contributed by atoms with E-state index in [0.717, 1.165) is 31.3 Å². The summed E-state index contributed by atoms with van der Waals surface area (Å²) in [5.74, 6) is 2.01. The first-order valence-electron chi connectivity index (χ1n) is 9.35. The predicted molar refractivity (Wildman–Crippen MR) is 98.5 cm³/mol. The lowest BCUT2D eigenvalue weighted by molar-refractivity contribution is 0.00578. The molecule has 1 rings (SSSR count). The molecule has 0 aromatic rings. The van der Waals surface area contributed by atoms with Gasteiger partial charge in [-0.3, -0.25) is 0 Å². The molecule has 1 unspecified atom stereocenters. The van der Waals surface area contributed by atoms with Crippen molar-refractivity contribution in [3.05, 3.63) is 11.5 Å². The monoisotopic (exact) mass is 324 g/mol. The Morgan fingerprint density at radius 2 is 1.57 bits per heavy atom. The molecule has 1 fully saturated rings. The highest BCUT2D eigenvalue weighted by molar-refractivity contribution is 6.51. The van der Waals surface area contributed by atoms with Crippen molar-refractivity contribution in [2.45, 2.75) is 110 Å². The van der Waals surface area contributed by atoms with Crippen LogP contribution in [-0.2, 0) is 9.31 Å². The van der Waals surface area contributed by atoms with Gasteiger partial charge in [-0.1, -0.05) is 51.9 Å². The molecular weight excluding hydrogens is 287 g/mol. The lowest BCUT2D eigenvalue weighted by atomic mass is 9.78. The van der Waals surface area contributed by atoms with Gasteiger partial charge >= 0.3 is 7.12 Å². The highest BCUT2D eigenvalue weighted by Crippen LogP contribution is 2.38. The predicted octanol–water partition coefficient (Wildman–Crippen LogP) is 5.07. The molecule has 23 heavy (non-hydrogen) atoms. The van der Waals surface area contributed by atoms with Crippen LogP contribution < -0.4 is 0 Å². The van der Waals surface area contributed by atoms with E-state index in [2.05, 4.69) is 41.5 Å². The maximum Gasteiger partial charge on any atom is 0.487 e. The van der Waals surface area contributed by atoms with Crippen molar-refractivity contribution in [2.75, 3.05) is 0 Å². The Labute approximate surface area is 144 Å². The maximum absolute atomic E-state index is 10.9. The fraction of sp³-hybridized carbons (Fsp3) is 0.895. The summed E-state index contributed by atoms with van der Waals surface area (Å²) in [6, 6.07) is 0. The molecule has 0 aromatic heterocycles. The average molecular weight is 324 g/mol. The Kier molecular flexibility index (Phi) is 7.37. The van der Waals surface area contributed by atoms with Gasteiger partial charge in [-0.05, 0) is 53.0 Å². The zero-order chi connectivity index (χ0) is 17.7. The summed E-state index contributed by atoms with van der Waals surface area (Å²) in [7, 11) is -0.372. The number of hydrogen-bond acceptors (Lipinski definition) is 3. The van der Waals surface area contributed by atoms with Gasteiger partial charge in [-0.15, -0.1) is 0 Å². The van der Waals surface area contributed by atoms with Gasteiger partial charge in [0.2, 0.25) is 0 Å². The molecule has 4 heteroatoms. The van der Waals surface area contributed by atoms with E-state index >= 15 is 0 Å². The smallest absolute Gasteiger partial charge is 0.400 e. The van der Waals surface area contributed by atoms with E-state index < -0.39 is 5.60 Å². The normalized spacial score (nSPS) is 23.1. The second-order valence-electron chi connectivity index (χ2n) is 8.15. The molecule has 0 amide bonds. The van der Waals surface area contributed by atoms with Crippen LogP contribution in [0, 0.1) is 0 Å². The summed E-state index contributed by atoms with van der Waals surface area (Å²) in [4.78, 5) is 0. The molecule has 134 valence electrons. The van der Waals surface area contributed by atoms with Crippen molar-refractivity contribution < 1.29 is 14.4 Å². The van der Waals surface area contributed by atoms with E-state index in [1.165, 1.54) is 19.3 Å². The molecule has 3 nitrogen and oxygen atoms in total. The minimum Gasteiger partial charge on any atom is -0.400 e. The van der Waals surface area contributed by atoms with Crippen LogP contribution >= 0.6 is 0 Å². The summed E-state index contributed by atoms with van der Waals surface area (Å²) in [6.07, 6.45) is 7.39. The molecular formula is C19H37BO3. The topological polar surface area (TPSA) is 38.7 Å². The van der Waals surface area contributed by atoms with E-state index in [4.69, 9.17) is 9.31 Å². The van der Waals surface area contributed by atoms with Crippen LogP contribution in [0.4, 0.5) is 0 Å². The summed E-state index contributed by atoms with van der Waals surface area (Å²) < 4.78 is 12.1. The van der Waals surface area contributed by atoms with Gasteiger partial charge in [0.15, 0.2) is 0 Å². The van der Waals surface area contributed by atoms with Gasteiger partial charge in [-0.2, -0.15) is 0 Å². The Morgan fingerprint density at radius 1 is 1.00 bits per heavy atom. The van der Waals surface area contributed by atoms with Crippen molar-refractivity contribution in [3.8, 4) is 0 Å². The highest BCUT2D eigenvalue weighted by Gasteiger charge is 2.50. The molecule has 1 saturated heterocycles. The van der Waals surface area contributed by atoms with Gasteiger partial charge in [0.25, 0.3) is 0 Å². The Bertz CT molecular complexity index is 383. The first-order chi connectivity index (χ1) is 10.6. The number of rotatable bonds is 9. The molecule has 1 aliphatic heterocycles. The lowest BCUT2D eigenvalue weighted by Crippen LogP contribution is -2.41. The van der Waals surface area contributed by atoms with E-state index in [1.54, 1.807) is 0 Å². The molecule has 1 heterocycles. The summed E-state index contributed by atoms with van der Waals surface area (Å²) in [6.45, 7) is 14.5. The van der Waals surface area contributed by atoms with Crippen molar-refractivity contribution in [1.82, 2.24) is 0 Å². The SMILES string of the molecule is CCCCCCC(C)(O)/C(=C/B1OC(C)(C)C(C)(C)O1)CCC. The van der Waals surface area contributed by atoms with Gasteiger partial charge in [0.05, 0.1) is 16.8 Å². The molecule has 0 spiro atoms. The molecule has 1 N–H and O–H groups in total. The zero-order valence-electron chi connectivity index (χ0n) is 16.4. The van der Waals surface area contributed by atoms with Gasteiger partial charge in [-0.25, -0.2) is 0 Å². The first-order valence-corrected chi connectivity index (χ1v) is 9.35. The van der Waals surface area contributed by atoms with Crippen molar-refractivity contribution in [1.29, 1.82) is 0 Å². The standard InChI is InChI=1S/C19H37BO3/c1-8-10-11-12-14-19(7,21)16(13-9-2)15-20-22-17(3,4)18(5,6)23-20/h15,21H,8-14H2,1-7H3/b16-15+. The first kappa shape index (κ1) is 20.7. The molecule has 0 aliphatic carbocycles. The third-order valence-electron chi connectivity index (χ3n) is 5.34. The Balaban J connectivity index is 2.80.